The molecule has 0 bridgehead atoms. The number of carbonyl (C=O) groups excluding carboxylic acids is 1. The van der Waals surface area contributed by atoms with Crippen LogP contribution in [0, 0.1) is 0 Å². The molecular weight excluding hydrogens is 218 g/mol. The molecule has 1 amide bonds. The van der Waals surface area contributed by atoms with Gasteiger partial charge in [-0.05, 0) is 30.5 Å². The zero-order chi connectivity index (χ0) is 12.8. The van der Waals surface area contributed by atoms with Crippen molar-refractivity contribution in [3.63, 3.8) is 0 Å². The molecule has 0 spiro atoms. The SMILES string of the molecule is CCOc1cc(C(C)CC(N)=O)ccc1OC. The van der Waals surface area contributed by atoms with Crippen molar-refractivity contribution in [2.45, 2.75) is 26.2 Å². The molecule has 0 saturated heterocycles. The summed E-state index contributed by atoms with van der Waals surface area (Å²) in [4.78, 5) is 10.9. The number of hydrogen-bond acceptors (Lipinski definition) is 3. The van der Waals surface area contributed by atoms with Crippen molar-refractivity contribution in [2.75, 3.05) is 13.7 Å². The fraction of sp³-hybridized carbons (Fsp3) is 0.462. The molecule has 4 nitrogen and oxygen atoms in total. The molecule has 0 fully saturated rings. The lowest BCUT2D eigenvalue weighted by Crippen LogP contribution is -2.13. The number of rotatable bonds is 6. The van der Waals surface area contributed by atoms with Crippen LogP contribution in [0.4, 0.5) is 0 Å². The first kappa shape index (κ1) is 13.4. The molecule has 1 unspecified atom stereocenters. The Labute approximate surface area is 102 Å². The Morgan fingerprint density at radius 1 is 1.41 bits per heavy atom. The Hall–Kier alpha value is -1.71. The quantitative estimate of drug-likeness (QED) is 0.823. The third-order valence-electron chi connectivity index (χ3n) is 2.56. The zero-order valence-corrected chi connectivity index (χ0v) is 10.5. The molecular formula is C13H19NO3. The Bertz CT molecular complexity index is 390. The van der Waals surface area contributed by atoms with Crippen LogP contribution in [-0.4, -0.2) is 19.6 Å². The number of benzene rings is 1. The molecule has 0 aliphatic carbocycles. The van der Waals surface area contributed by atoms with E-state index in [9.17, 15) is 4.79 Å². The van der Waals surface area contributed by atoms with Gasteiger partial charge in [0, 0.05) is 6.42 Å². The van der Waals surface area contributed by atoms with Crippen LogP contribution in [0.2, 0.25) is 0 Å². The third kappa shape index (κ3) is 3.66. The van der Waals surface area contributed by atoms with Gasteiger partial charge in [0.2, 0.25) is 5.91 Å². The predicted octanol–water partition coefficient (Wildman–Crippen LogP) is 2.07. The maximum Gasteiger partial charge on any atom is 0.218 e. The van der Waals surface area contributed by atoms with E-state index in [0.29, 0.717) is 24.5 Å². The number of ether oxygens (including phenoxy) is 2. The molecule has 4 heteroatoms. The van der Waals surface area contributed by atoms with Crippen LogP contribution in [0.1, 0.15) is 31.7 Å². The molecule has 1 aromatic carbocycles. The highest BCUT2D eigenvalue weighted by Crippen LogP contribution is 2.31. The largest absolute Gasteiger partial charge is 0.493 e. The Kier molecular flexibility index (Phi) is 4.82. The van der Waals surface area contributed by atoms with Crippen molar-refractivity contribution < 1.29 is 14.3 Å². The van der Waals surface area contributed by atoms with Crippen molar-refractivity contribution >= 4 is 5.91 Å². The van der Waals surface area contributed by atoms with E-state index in [4.69, 9.17) is 15.2 Å². The van der Waals surface area contributed by atoms with Crippen molar-refractivity contribution in [1.29, 1.82) is 0 Å². The van der Waals surface area contributed by atoms with Crippen molar-refractivity contribution in [3.05, 3.63) is 23.8 Å². The highest BCUT2D eigenvalue weighted by molar-refractivity contribution is 5.74. The van der Waals surface area contributed by atoms with E-state index < -0.39 is 0 Å². The van der Waals surface area contributed by atoms with Gasteiger partial charge < -0.3 is 15.2 Å². The standard InChI is InChI=1S/C13H19NO3/c1-4-17-12-8-10(5-6-11(12)16-3)9(2)7-13(14)15/h5-6,8-9H,4,7H2,1-3H3,(H2,14,15). The van der Waals surface area contributed by atoms with E-state index >= 15 is 0 Å². The van der Waals surface area contributed by atoms with Gasteiger partial charge in [0.25, 0.3) is 0 Å². The van der Waals surface area contributed by atoms with Gasteiger partial charge in [-0.15, -0.1) is 0 Å². The maximum atomic E-state index is 10.9. The Morgan fingerprint density at radius 3 is 2.65 bits per heavy atom. The molecule has 94 valence electrons. The molecule has 0 aromatic heterocycles. The van der Waals surface area contributed by atoms with Gasteiger partial charge in [-0.2, -0.15) is 0 Å². The van der Waals surface area contributed by atoms with E-state index in [0.717, 1.165) is 5.56 Å². The number of nitrogens with two attached hydrogens (primary N) is 1. The summed E-state index contributed by atoms with van der Waals surface area (Å²) in [6.07, 6.45) is 0.331. The fourth-order valence-corrected chi connectivity index (χ4v) is 1.69. The predicted molar refractivity (Wildman–Crippen MR) is 66.4 cm³/mol. The van der Waals surface area contributed by atoms with Gasteiger partial charge in [0.15, 0.2) is 11.5 Å². The summed E-state index contributed by atoms with van der Waals surface area (Å²) >= 11 is 0. The monoisotopic (exact) mass is 237 g/mol. The molecule has 2 N–H and O–H groups in total. The summed E-state index contributed by atoms with van der Waals surface area (Å²) in [6, 6.07) is 5.67. The van der Waals surface area contributed by atoms with Crippen LogP contribution >= 0.6 is 0 Å². The summed E-state index contributed by atoms with van der Waals surface area (Å²) in [5.74, 6) is 1.18. The lowest BCUT2D eigenvalue weighted by atomic mass is 9.97. The smallest absolute Gasteiger partial charge is 0.218 e. The van der Waals surface area contributed by atoms with Gasteiger partial charge in [0.1, 0.15) is 0 Å². The number of amides is 1. The van der Waals surface area contributed by atoms with Gasteiger partial charge in [0.05, 0.1) is 13.7 Å². The Balaban J connectivity index is 2.94. The minimum Gasteiger partial charge on any atom is -0.493 e. The van der Waals surface area contributed by atoms with E-state index in [1.54, 1.807) is 7.11 Å². The highest BCUT2D eigenvalue weighted by Gasteiger charge is 2.12. The van der Waals surface area contributed by atoms with Gasteiger partial charge >= 0.3 is 0 Å². The first-order chi connectivity index (χ1) is 8.08. The second-order valence-electron chi connectivity index (χ2n) is 3.91. The number of carbonyl (C=O) groups is 1. The minimum atomic E-state index is -0.300. The van der Waals surface area contributed by atoms with E-state index in [1.807, 2.05) is 32.0 Å². The molecule has 0 aliphatic heterocycles. The lowest BCUT2D eigenvalue weighted by Gasteiger charge is -2.14. The van der Waals surface area contributed by atoms with Crippen molar-refractivity contribution in [3.8, 4) is 11.5 Å². The van der Waals surface area contributed by atoms with E-state index in [2.05, 4.69) is 0 Å². The van der Waals surface area contributed by atoms with Crippen LogP contribution in [0.3, 0.4) is 0 Å². The summed E-state index contributed by atoms with van der Waals surface area (Å²) in [5.41, 5.74) is 6.21. The first-order valence-electron chi connectivity index (χ1n) is 5.67. The van der Waals surface area contributed by atoms with E-state index in [-0.39, 0.29) is 11.8 Å². The van der Waals surface area contributed by atoms with Gasteiger partial charge in [-0.1, -0.05) is 13.0 Å². The van der Waals surface area contributed by atoms with Crippen LogP contribution in [0.25, 0.3) is 0 Å². The molecule has 1 aromatic rings. The minimum absolute atomic E-state index is 0.0811. The van der Waals surface area contributed by atoms with Crippen LogP contribution in [0.5, 0.6) is 11.5 Å². The summed E-state index contributed by atoms with van der Waals surface area (Å²) in [6.45, 7) is 4.45. The average molecular weight is 237 g/mol. The molecule has 0 saturated carbocycles. The molecule has 0 heterocycles. The summed E-state index contributed by atoms with van der Waals surface area (Å²) in [7, 11) is 1.60. The molecule has 1 rings (SSSR count). The average Bonchev–Trinajstić information content (AvgIpc) is 2.28. The normalized spacial score (nSPS) is 11.9. The molecule has 0 radical (unpaired) electrons. The number of hydrogen-bond donors (Lipinski definition) is 1. The zero-order valence-electron chi connectivity index (χ0n) is 10.5. The second-order valence-corrected chi connectivity index (χ2v) is 3.91. The molecule has 0 aliphatic rings. The number of primary amides is 1. The Morgan fingerprint density at radius 2 is 2.12 bits per heavy atom. The fourth-order valence-electron chi connectivity index (χ4n) is 1.69. The van der Waals surface area contributed by atoms with E-state index in [1.165, 1.54) is 0 Å². The molecule has 1 atom stereocenters. The van der Waals surface area contributed by atoms with Crippen molar-refractivity contribution in [2.24, 2.45) is 5.73 Å². The third-order valence-corrected chi connectivity index (χ3v) is 2.56. The lowest BCUT2D eigenvalue weighted by molar-refractivity contribution is -0.118. The summed E-state index contributed by atoms with van der Waals surface area (Å²) in [5, 5.41) is 0. The van der Waals surface area contributed by atoms with Gasteiger partial charge in [-0.25, -0.2) is 0 Å². The van der Waals surface area contributed by atoms with Crippen LogP contribution in [-0.2, 0) is 4.79 Å². The first-order valence-corrected chi connectivity index (χ1v) is 5.67. The maximum absolute atomic E-state index is 10.9. The van der Waals surface area contributed by atoms with Crippen LogP contribution in [0.15, 0.2) is 18.2 Å². The van der Waals surface area contributed by atoms with Gasteiger partial charge in [-0.3, -0.25) is 4.79 Å². The molecule has 17 heavy (non-hydrogen) atoms. The topological polar surface area (TPSA) is 61.5 Å². The second kappa shape index (κ2) is 6.13. The highest BCUT2D eigenvalue weighted by atomic mass is 16.5. The van der Waals surface area contributed by atoms with Crippen molar-refractivity contribution in [1.82, 2.24) is 0 Å². The summed E-state index contributed by atoms with van der Waals surface area (Å²) < 4.78 is 10.7. The number of methoxy groups -OCH3 is 1. The van der Waals surface area contributed by atoms with Crippen LogP contribution < -0.4 is 15.2 Å².